The second kappa shape index (κ2) is 4.14. The van der Waals surface area contributed by atoms with E-state index in [1.807, 2.05) is 6.07 Å². The average Bonchev–Trinajstić information content (AvgIpc) is 2.28. The van der Waals surface area contributed by atoms with Crippen molar-refractivity contribution in [1.29, 1.82) is 0 Å². The molecule has 0 N–H and O–H groups in total. The Kier molecular flexibility index (Phi) is 2.83. The number of hydrogen-bond acceptors (Lipinski definition) is 4. The maximum absolute atomic E-state index is 11.2. The van der Waals surface area contributed by atoms with E-state index in [9.17, 15) is 4.79 Å². The smallest absolute Gasteiger partial charge is 0.135 e. The topological polar surface area (TPSA) is 44.8 Å². The largest absolute Gasteiger partial charge is 0.497 e. The Labute approximate surface area is 94.1 Å². The molecule has 0 aromatic heterocycles. The van der Waals surface area contributed by atoms with Crippen LogP contribution in [0.5, 0.6) is 11.5 Å². The number of ether oxygens (including phenoxy) is 3. The lowest BCUT2D eigenvalue weighted by atomic mass is 9.79. The zero-order chi connectivity index (χ0) is 11.6. The Bertz CT molecular complexity index is 396. The van der Waals surface area contributed by atoms with Crippen LogP contribution in [0.3, 0.4) is 0 Å². The average molecular weight is 222 g/mol. The van der Waals surface area contributed by atoms with E-state index in [1.54, 1.807) is 26.4 Å². The summed E-state index contributed by atoms with van der Waals surface area (Å²) >= 11 is 0. The molecule has 0 unspecified atom stereocenters. The fourth-order valence-electron chi connectivity index (χ4n) is 1.81. The first-order valence-corrected chi connectivity index (χ1v) is 5.02. The van der Waals surface area contributed by atoms with Gasteiger partial charge in [-0.3, -0.25) is 0 Å². The second-order valence-corrected chi connectivity index (χ2v) is 3.83. The number of rotatable bonds is 4. The molecule has 86 valence electrons. The van der Waals surface area contributed by atoms with Gasteiger partial charge >= 0.3 is 0 Å². The van der Waals surface area contributed by atoms with E-state index in [0.717, 1.165) is 11.8 Å². The standard InChI is InChI=1S/C12H14O4/c1-14-9-3-4-11(15-2)10(5-9)12(6-13)7-16-8-12/h3-6H,7-8H2,1-2H3. The van der Waals surface area contributed by atoms with Gasteiger partial charge in [0.15, 0.2) is 0 Å². The van der Waals surface area contributed by atoms with Gasteiger partial charge in [-0.1, -0.05) is 0 Å². The van der Waals surface area contributed by atoms with Gasteiger partial charge in [0.1, 0.15) is 23.2 Å². The van der Waals surface area contributed by atoms with Crippen molar-refractivity contribution in [3.63, 3.8) is 0 Å². The van der Waals surface area contributed by atoms with Gasteiger partial charge in [-0.15, -0.1) is 0 Å². The molecular formula is C12H14O4. The Morgan fingerprint density at radius 2 is 2.06 bits per heavy atom. The van der Waals surface area contributed by atoms with Crippen molar-refractivity contribution < 1.29 is 19.0 Å². The predicted molar refractivity (Wildman–Crippen MR) is 58.1 cm³/mol. The van der Waals surface area contributed by atoms with Crippen LogP contribution in [0, 0.1) is 0 Å². The highest BCUT2D eigenvalue weighted by atomic mass is 16.5. The highest BCUT2D eigenvalue weighted by molar-refractivity contribution is 5.73. The molecule has 1 aliphatic rings. The van der Waals surface area contributed by atoms with Crippen LogP contribution in [0.25, 0.3) is 0 Å². The normalized spacial score (nSPS) is 17.4. The van der Waals surface area contributed by atoms with E-state index in [4.69, 9.17) is 14.2 Å². The van der Waals surface area contributed by atoms with Crippen LogP contribution in [-0.4, -0.2) is 33.7 Å². The van der Waals surface area contributed by atoms with Crippen molar-refractivity contribution in [3.05, 3.63) is 23.8 Å². The molecule has 0 saturated carbocycles. The van der Waals surface area contributed by atoms with Gasteiger partial charge in [-0.2, -0.15) is 0 Å². The maximum Gasteiger partial charge on any atom is 0.135 e. The van der Waals surface area contributed by atoms with E-state index < -0.39 is 5.41 Å². The van der Waals surface area contributed by atoms with Gasteiger partial charge in [-0.25, -0.2) is 0 Å². The summed E-state index contributed by atoms with van der Waals surface area (Å²) in [5, 5.41) is 0. The van der Waals surface area contributed by atoms with Gasteiger partial charge in [0.2, 0.25) is 0 Å². The third-order valence-electron chi connectivity index (χ3n) is 2.89. The SMILES string of the molecule is COc1ccc(OC)c(C2(C=O)COC2)c1. The predicted octanol–water partition coefficient (Wildman–Crippen LogP) is 1.17. The van der Waals surface area contributed by atoms with Crippen molar-refractivity contribution in [3.8, 4) is 11.5 Å². The first-order valence-electron chi connectivity index (χ1n) is 5.02. The highest BCUT2D eigenvalue weighted by Gasteiger charge is 2.42. The molecule has 4 nitrogen and oxygen atoms in total. The molecule has 1 fully saturated rings. The quantitative estimate of drug-likeness (QED) is 0.717. The van der Waals surface area contributed by atoms with Gasteiger partial charge in [0, 0.05) is 5.56 Å². The monoisotopic (exact) mass is 222 g/mol. The summed E-state index contributed by atoms with van der Waals surface area (Å²) < 4.78 is 15.5. The lowest BCUT2D eigenvalue weighted by molar-refractivity contribution is -0.130. The zero-order valence-electron chi connectivity index (χ0n) is 9.36. The molecule has 2 rings (SSSR count). The number of hydrogen-bond donors (Lipinski definition) is 0. The van der Waals surface area contributed by atoms with Crippen molar-refractivity contribution in [1.82, 2.24) is 0 Å². The zero-order valence-corrected chi connectivity index (χ0v) is 9.36. The molecule has 1 aromatic rings. The summed E-state index contributed by atoms with van der Waals surface area (Å²) in [6.45, 7) is 0.806. The first-order chi connectivity index (χ1) is 7.75. The number of carbonyl (C=O) groups excluding carboxylic acids is 1. The van der Waals surface area contributed by atoms with Gasteiger partial charge in [0.05, 0.1) is 27.4 Å². The van der Waals surface area contributed by atoms with E-state index in [2.05, 4.69) is 0 Å². The molecule has 0 radical (unpaired) electrons. The van der Waals surface area contributed by atoms with Crippen LogP contribution in [-0.2, 0) is 14.9 Å². The second-order valence-electron chi connectivity index (χ2n) is 3.83. The Morgan fingerprint density at radius 3 is 2.50 bits per heavy atom. The third-order valence-corrected chi connectivity index (χ3v) is 2.89. The van der Waals surface area contributed by atoms with E-state index >= 15 is 0 Å². The minimum atomic E-state index is -0.570. The van der Waals surface area contributed by atoms with Crippen molar-refractivity contribution in [2.75, 3.05) is 27.4 Å². The summed E-state index contributed by atoms with van der Waals surface area (Å²) in [6, 6.07) is 5.44. The highest BCUT2D eigenvalue weighted by Crippen LogP contribution is 2.38. The van der Waals surface area contributed by atoms with Gasteiger partial charge < -0.3 is 19.0 Å². The van der Waals surface area contributed by atoms with Crippen LogP contribution >= 0.6 is 0 Å². The van der Waals surface area contributed by atoms with Gasteiger partial charge in [-0.05, 0) is 18.2 Å². The van der Waals surface area contributed by atoms with Crippen molar-refractivity contribution in [2.24, 2.45) is 0 Å². The molecule has 1 aliphatic heterocycles. The summed E-state index contributed by atoms with van der Waals surface area (Å²) in [7, 11) is 3.18. The van der Waals surface area contributed by atoms with Crippen LogP contribution in [0.15, 0.2) is 18.2 Å². The van der Waals surface area contributed by atoms with E-state index in [-0.39, 0.29) is 0 Å². The molecule has 16 heavy (non-hydrogen) atoms. The molecule has 1 heterocycles. The molecule has 1 aromatic carbocycles. The van der Waals surface area contributed by atoms with Crippen LogP contribution in [0.4, 0.5) is 0 Å². The number of benzene rings is 1. The Morgan fingerprint density at radius 1 is 1.31 bits per heavy atom. The lowest BCUT2D eigenvalue weighted by Crippen LogP contribution is -2.48. The number of carbonyl (C=O) groups is 1. The van der Waals surface area contributed by atoms with Crippen LogP contribution < -0.4 is 9.47 Å². The molecule has 4 heteroatoms. The maximum atomic E-state index is 11.2. The van der Waals surface area contributed by atoms with Crippen molar-refractivity contribution in [2.45, 2.75) is 5.41 Å². The summed E-state index contributed by atoms with van der Waals surface area (Å²) in [5.74, 6) is 1.40. The molecule has 0 spiro atoms. The number of aldehydes is 1. The lowest BCUT2D eigenvalue weighted by Gasteiger charge is -2.37. The molecule has 0 atom stereocenters. The minimum absolute atomic E-state index is 0.403. The van der Waals surface area contributed by atoms with E-state index in [1.165, 1.54) is 0 Å². The molecule has 1 saturated heterocycles. The van der Waals surface area contributed by atoms with Gasteiger partial charge in [0.25, 0.3) is 0 Å². The molecule has 0 amide bonds. The van der Waals surface area contributed by atoms with E-state index in [0.29, 0.717) is 24.7 Å². The molecular weight excluding hydrogens is 208 g/mol. The fraction of sp³-hybridized carbons (Fsp3) is 0.417. The third kappa shape index (κ3) is 1.55. The Balaban J connectivity index is 2.47. The summed E-state index contributed by atoms with van der Waals surface area (Å²) in [5.41, 5.74) is 0.260. The van der Waals surface area contributed by atoms with Crippen LogP contribution in [0.1, 0.15) is 5.56 Å². The fourth-order valence-corrected chi connectivity index (χ4v) is 1.81. The van der Waals surface area contributed by atoms with Crippen LogP contribution in [0.2, 0.25) is 0 Å². The first kappa shape index (κ1) is 11.0. The van der Waals surface area contributed by atoms with Crippen molar-refractivity contribution >= 4 is 6.29 Å². The summed E-state index contributed by atoms with van der Waals surface area (Å²) in [6.07, 6.45) is 0.924. The number of methoxy groups -OCH3 is 2. The molecule has 0 bridgehead atoms. The Hall–Kier alpha value is -1.55. The summed E-state index contributed by atoms with van der Waals surface area (Å²) in [4.78, 5) is 11.2. The minimum Gasteiger partial charge on any atom is -0.497 e. The molecule has 0 aliphatic carbocycles.